The lowest BCUT2D eigenvalue weighted by molar-refractivity contribution is 0.0906. The molecule has 0 spiro atoms. The van der Waals surface area contributed by atoms with Crippen LogP contribution in [0.5, 0.6) is 0 Å². The second-order valence-corrected chi connectivity index (χ2v) is 12.8. The molecular weight excluding hydrogens is 408 g/mol. The number of ether oxygens (including phenoxy) is 3. The maximum absolute atomic E-state index is 6.70. The van der Waals surface area contributed by atoms with Gasteiger partial charge in [0.25, 0.3) is 0 Å². The zero-order valence-corrected chi connectivity index (χ0v) is 21.2. The molecule has 6 fully saturated rings. The van der Waals surface area contributed by atoms with Crippen LogP contribution in [0.1, 0.15) is 128 Å². The fourth-order valence-electron chi connectivity index (χ4n) is 9.35. The molecule has 4 aliphatic carbocycles. The van der Waals surface area contributed by atoms with Crippen LogP contribution in [0.2, 0.25) is 0 Å². The highest BCUT2D eigenvalue weighted by Gasteiger charge is 2.66. The molecule has 2 unspecified atom stereocenters. The Morgan fingerprint density at radius 3 is 0.970 bits per heavy atom. The first-order chi connectivity index (χ1) is 16.3. The van der Waals surface area contributed by atoms with E-state index in [0.717, 1.165) is 36.9 Å². The van der Waals surface area contributed by atoms with Gasteiger partial charge in [-0.15, -0.1) is 0 Å². The average molecular weight is 459 g/mol. The number of rotatable bonds is 8. The van der Waals surface area contributed by atoms with Crippen LogP contribution in [0.15, 0.2) is 0 Å². The van der Waals surface area contributed by atoms with Crippen molar-refractivity contribution in [1.82, 2.24) is 0 Å². The predicted octanol–water partition coefficient (Wildman–Crippen LogP) is 7.60. The van der Waals surface area contributed by atoms with Crippen LogP contribution in [-0.2, 0) is 14.2 Å². The van der Waals surface area contributed by atoms with Gasteiger partial charge in [0.05, 0.1) is 13.2 Å². The van der Waals surface area contributed by atoms with E-state index in [9.17, 15) is 0 Å². The predicted molar refractivity (Wildman–Crippen MR) is 132 cm³/mol. The Balaban J connectivity index is 1.07. The highest BCUT2D eigenvalue weighted by molar-refractivity contribution is 5.13. The van der Waals surface area contributed by atoms with Gasteiger partial charge in [-0.05, 0) is 75.0 Å². The van der Waals surface area contributed by atoms with Crippen molar-refractivity contribution in [3.63, 3.8) is 0 Å². The van der Waals surface area contributed by atoms with Crippen molar-refractivity contribution >= 4 is 0 Å². The molecule has 6 aliphatic rings. The van der Waals surface area contributed by atoms with Gasteiger partial charge >= 0.3 is 0 Å². The summed E-state index contributed by atoms with van der Waals surface area (Å²) >= 11 is 0. The molecule has 4 saturated carbocycles. The van der Waals surface area contributed by atoms with Crippen LogP contribution < -0.4 is 0 Å². The fourth-order valence-corrected chi connectivity index (χ4v) is 9.35. The van der Waals surface area contributed by atoms with Crippen molar-refractivity contribution in [1.29, 1.82) is 0 Å². The maximum atomic E-state index is 6.70. The molecule has 0 aromatic rings. The van der Waals surface area contributed by atoms with E-state index in [1.54, 1.807) is 0 Å². The monoisotopic (exact) mass is 458 g/mol. The van der Waals surface area contributed by atoms with Crippen molar-refractivity contribution in [2.75, 3.05) is 13.2 Å². The van der Waals surface area contributed by atoms with Gasteiger partial charge in [-0.3, -0.25) is 0 Å². The lowest BCUT2D eigenvalue weighted by atomic mass is 9.67. The highest BCUT2D eigenvalue weighted by Crippen LogP contribution is 2.59. The van der Waals surface area contributed by atoms with Crippen LogP contribution in [0, 0.1) is 23.7 Å². The lowest BCUT2D eigenvalue weighted by Gasteiger charge is -2.36. The standard InChI is InChI=1S/C30H50O3/c1-5-13-23(14-6-1)29(24-15-7-2-8-16-24)27(32-29)21-31-22-28-30(33-28,25-17-9-3-10-18-25)26-19-11-4-12-20-26/h23-28H,1-22H2. The largest absolute Gasteiger partial charge is 0.376 e. The van der Waals surface area contributed by atoms with Gasteiger partial charge in [-0.2, -0.15) is 0 Å². The molecule has 2 saturated heterocycles. The van der Waals surface area contributed by atoms with Crippen molar-refractivity contribution < 1.29 is 14.2 Å². The average Bonchev–Trinajstić information content (AvgIpc) is 3.81. The maximum Gasteiger partial charge on any atom is 0.111 e. The molecule has 0 N–H and O–H groups in total. The molecule has 2 atom stereocenters. The molecule has 3 nitrogen and oxygen atoms in total. The van der Waals surface area contributed by atoms with Gasteiger partial charge in [0.2, 0.25) is 0 Å². The molecule has 33 heavy (non-hydrogen) atoms. The van der Waals surface area contributed by atoms with E-state index in [1.165, 1.54) is 128 Å². The van der Waals surface area contributed by atoms with E-state index >= 15 is 0 Å². The molecular formula is C30H50O3. The Hall–Kier alpha value is -0.120. The zero-order chi connectivity index (χ0) is 22.1. The van der Waals surface area contributed by atoms with E-state index in [4.69, 9.17) is 14.2 Å². The minimum Gasteiger partial charge on any atom is -0.376 e. The Morgan fingerprint density at radius 1 is 0.424 bits per heavy atom. The van der Waals surface area contributed by atoms with Crippen molar-refractivity contribution in [2.45, 2.75) is 152 Å². The smallest absolute Gasteiger partial charge is 0.111 e. The fraction of sp³-hybridized carbons (Fsp3) is 1.00. The summed E-state index contributed by atoms with van der Waals surface area (Å²) in [5, 5.41) is 0. The number of hydrogen-bond donors (Lipinski definition) is 0. The molecule has 2 aliphatic heterocycles. The summed E-state index contributed by atoms with van der Waals surface area (Å²) < 4.78 is 19.9. The molecule has 0 bridgehead atoms. The van der Waals surface area contributed by atoms with Crippen LogP contribution in [0.25, 0.3) is 0 Å². The third-order valence-corrected chi connectivity index (χ3v) is 11.1. The Labute approximate surface area is 203 Å². The molecule has 0 aromatic carbocycles. The lowest BCUT2D eigenvalue weighted by Crippen LogP contribution is -2.40. The van der Waals surface area contributed by atoms with Gasteiger partial charge in [-0.25, -0.2) is 0 Å². The van der Waals surface area contributed by atoms with E-state index in [1.807, 2.05) is 0 Å². The third-order valence-electron chi connectivity index (χ3n) is 11.1. The number of hydrogen-bond acceptors (Lipinski definition) is 3. The summed E-state index contributed by atoms with van der Waals surface area (Å²) in [4.78, 5) is 0. The first-order valence-electron chi connectivity index (χ1n) is 15.3. The Bertz CT molecular complexity index is 532. The molecule has 2 heterocycles. The zero-order valence-electron chi connectivity index (χ0n) is 21.2. The second-order valence-electron chi connectivity index (χ2n) is 12.8. The van der Waals surface area contributed by atoms with E-state index in [0.29, 0.717) is 12.2 Å². The van der Waals surface area contributed by atoms with E-state index in [-0.39, 0.29) is 11.2 Å². The van der Waals surface area contributed by atoms with Crippen LogP contribution >= 0.6 is 0 Å². The quantitative estimate of drug-likeness (QED) is 0.351. The van der Waals surface area contributed by atoms with Crippen LogP contribution in [0.4, 0.5) is 0 Å². The second kappa shape index (κ2) is 10.1. The summed E-state index contributed by atoms with van der Waals surface area (Å²) in [6.07, 6.45) is 28.9. The molecule has 0 amide bonds. The van der Waals surface area contributed by atoms with Crippen molar-refractivity contribution in [2.24, 2.45) is 23.7 Å². The topological polar surface area (TPSA) is 34.3 Å². The third kappa shape index (κ3) is 4.46. The molecule has 188 valence electrons. The van der Waals surface area contributed by atoms with Crippen LogP contribution in [-0.4, -0.2) is 36.6 Å². The van der Waals surface area contributed by atoms with Gasteiger partial charge in [0, 0.05) is 0 Å². The van der Waals surface area contributed by atoms with Gasteiger partial charge < -0.3 is 14.2 Å². The minimum absolute atomic E-state index is 0.176. The van der Waals surface area contributed by atoms with Crippen molar-refractivity contribution in [3.8, 4) is 0 Å². The first-order valence-corrected chi connectivity index (χ1v) is 15.3. The molecule has 0 radical (unpaired) electrons. The molecule has 6 rings (SSSR count). The molecule has 3 heteroatoms. The summed E-state index contributed by atoms with van der Waals surface area (Å²) in [6, 6.07) is 0. The minimum atomic E-state index is 0.176. The van der Waals surface area contributed by atoms with Crippen molar-refractivity contribution in [3.05, 3.63) is 0 Å². The SMILES string of the molecule is C1CCC(C2(C3CCCCC3)OC2COCC2OC2(C2CCCCC2)C2CCCCC2)CC1. The van der Waals surface area contributed by atoms with Gasteiger partial charge in [0.1, 0.15) is 23.4 Å². The summed E-state index contributed by atoms with van der Waals surface area (Å²) in [6.45, 7) is 1.64. The van der Waals surface area contributed by atoms with Gasteiger partial charge in [0.15, 0.2) is 0 Å². The molecule has 0 aromatic heterocycles. The first kappa shape index (κ1) is 23.3. The Morgan fingerprint density at radius 2 is 0.697 bits per heavy atom. The highest BCUT2D eigenvalue weighted by atomic mass is 16.7. The summed E-state index contributed by atoms with van der Waals surface area (Å²) in [5.41, 5.74) is 0.351. The van der Waals surface area contributed by atoms with Gasteiger partial charge in [-0.1, -0.05) is 77.0 Å². The van der Waals surface area contributed by atoms with E-state index < -0.39 is 0 Å². The summed E-state index contributed by atoms with van der Waals surface area (Å²) in [5.74, 6) is 3.18. The number of epoxide rings is 2. The Kier molecular flexibility index (Phi) is 7.12. The normalized spacial score (nSPS) is 36.0. The van der Waals surface area contributed by atoms with Crippen LogP contribution in [0.3, 0.4) is 0 Å². The summed E-state index contributed by atoms with van der Waals surface area (Å²) in [7, 11) is 0. The van der Waals surface area contributed by atoms with E-state index in [2.05, 4.69) is 0 Å².